The summed E-state index contributed by atoms with van der Waals surface area (Å²) in [6.07, 6.45) is 1.58. The summed E-state index contributed by atoms with van der Waals surface area (Å²) in [7, 11) is 1.62. The van der Waals surface area contributed by atoms with Gasteiger partial charge in [0.2, 0.25) is 0 Å². The average molecular weight is 437 g/mol. The van der Waals surface area contributed by atoms with E-state index in [9.17, 15) is 9.50 Å². The molecule has 166 valence electrons. The molecule has 2 aromatic heterocycles. The number of hydrogen-bond donors (Lipinski definition) is 3. The highest BCUT2D eigenvalue weighted by Crippen LogP contribution is 2.35. The van der Waals surface area contributed by atoms with E-state index in [-0.39, 0.29) is 18.4 Å². The molecule has 0 aliphatic heterocycles. The van der Waals surface area contributed by atoms with Crippen LogP contribution in [0.25, 0.3) is 11.0 Å². The number of aliphatic hydroxyl groups is 1. The lowest BCUT2D eigenvalue weighted by Gasteiger charge is -2.12. The zero-order chi connectivity index (χ0) is 22.7. The summed E-state index contributed by atoms with van der Waals surface area (Å²) in [6, 6.07) is 13.3. The Morgan fingerprint density at radius 2 is 1.94 bits per heavy atom. The first-order valence-corrected chi connectivity index (χ1v) is 10.1. The Labute approximate surface area is 184 Å². The van der Waals surface area contributed by atoms with Crippen LogP contribution in [0.4, 0.5) is 15.9 Å². The second-order valence-electron chi connectivity index (χ2n) is 7.38. The number of aromatic nitrogens is 3. The lowest BCUT2D eigenvalue weighted by Crippen LogP contribution is -2.20. The highest BCUT2D eigenvalue weighted by molar-refractivity contribution is 5.93. The Bertz CT molecular complexity index is 1230. The van der Waals surface area contributed by atoms with Crippen LogP contribution in [-0.2, 0) is 6.54 Å². The van der Waals surface area contributed by atoms with Crippen LogP contribution in [0.5, 0.6) is 17.2 Å². The van der Waals surface area contributed by atoms with Crippen molar-refractivity contribution in [3.63, 3.8) is 0 Å². The molecule has 0 unspecified atom stereocenters. The Morgan fingerprint density at radius 1 is 1.16 bits per heavy atom. The molecule has 0 spiro atoms. The summed E-state index contributed by atoms with van der Waals surface area (Å²) in [5.74, 6) is 1.09. The van der Waals surface area contributed by atoms with Crippen molar-refractivity contribution in [3.8, 4) is 17.2 Å². The number of nitrogens with one attached hydrogen (secondary N) is 1. The van der Waals surface area contributed by atoms with E-state index < -0.39 is 5.82 Å². The number of halogens is 1. The molecule has 0 bridgehead atoms. The number of methoxy groups -OCH3 is 1. The van der Waals surface area contributed by atoms with Crippen molar-refractivity contribution >= 4 is 22.5 Å². The van der Waals surface area contributed by atoms with E-state index in [2.05, 4.69) is 15.4 Å². The molecule has 0 amide bonds. The largest absolute Gasteiger partial charge is 0.497 e. The van der Waals surface area contributed by atoms with Crippen molar-refractivity contribution in [1.82, 2.24) is 14.8 Å². The minimum absolute atomic E-state index is 0.0377. The Balaban J connectivity index is 1.77. The Hall–Kier alpha value is -3.85. The van der Waals surface area contributed by atoms with Gasteiger partial charge in [-0.25, -0.2) is 14.1 Å². The number of nitrogen functional groups attached to an aromatic ring is 1. The highest BCUT2D eigenvalue weighted by Gasteiger charge is 2.19. The molecule has 0 saturated carbocycles. The molecule has 32 heavy (non-hydrogen) atoms. The van der Waals surface area contributed by atoms with Crippen molar-refractivity contribution in [2.45, 2.75) is 19.5 Å². The summed E-state index contributed by atoms with van der Waals surface area (Å²) in [6.45, 7) is 2.18. The monoisotopic (exact) mass is 437 g/mol. The summed E-state index contributed by atoms with van der Waals surface area (Å²) in [5, 5.41) is 17.9. The maximum absolute atomic E-state index is 14.4. The fourth-order valence-electron chi connectivity index (χ4n) is 3.27. The van der Waals surface area contributed by atoms with E-state index in [1.807, 2.05) is 31.2 Å². The van der Waals surface area contributed by atoms with Crippen LogP contribution in [-0.4, -0.2) is 39.6 Å². The molecule has 0 aliphatic rings. The van der Waals surface area contributed by atoms with Crippen LogP contribution >= 0.6 is 0 Å². The van der Waals surface area contributed by atoms with E-state index in [4.69, 9.17) is 15.2 Å². The zero-order valence-corrected chi connectivity index (χ0v) is 17.7. The molecule has 0 fully saturated rings. The summed E-state index contributed by atoms with van der Waals surface area (Å²) >= 11 is 0. The van der Waals surface area contributed by atoms with Crippen molar-refractivity contribution < 1.29 is 19.0 Å². The second-order valence-corrected chi connectivity index (χ2v) is 7.38. The molecule has 0 radical (unpaired) electrons. The smallest absolute Gasteiger partial charge is 0.167 e. The van der Waals surface area contributed by atoms with Gasteiger partial charge in [-0.3, -0.25) is 0 Å². The number of anilines is 2. The minimum Gasteiger partial charge on any atom is -0.497 e. The third-order valence-electron chi connectivity index (χ3n) is 4.92. The molecule has 1 atom stereocenters. The van der Waals surface area contributed by atoms with E-state index in [0.717, 1.165) is 11.3 Å². The van der Waals surface area contributed by atoms with Gasteiger partial charge in [-0.2, -0.15) is 5.10 Å². The molecule has 0 saturated heterocycles. The zero-order valence-electron chi connectivity index (χ0n) is 17.7. The quantitative estimate of drug-likeness (QED) is 0.360. The molecular formula is C23H24FN5O3. The molecule has 8 nitrogen and oxygen atoms in total. The average Bonchev–Trinajstić information content (AvgIpc) is 3.14. The van der Waals surface area contributed by atoms with Gasteiger partial charge in [0.25, 0.3) is 0 Å². The van der Waals surface area contributed by atoms with Gasteiger partial charge in [0, 0.05) is 30.1 Å². The second kappa shape index (κ2) is 9.11. The third kappa shape index (κ3) is 4.42. The first-order chi connectivity index (χ1) is 15.5. The van der Waals surface area contributed by atoms with Crippen LogP contribution in [0.1, 0.15) is 12.5 Å². The van der Waals surface area contributed by atoms with Crippen molar-refractivity contribution in [1.29, 1.82) is 0 Å². The molecule has 4 rings (SSSR count). The van der Waals surface area contributed by atoms with Crippen molar-refractivity contribution in [2.24, 2.45) is 0 Å². The molecule has 9 heteroatoms. The number of pyridine rings is 1. The van der Waals surface area contributed by atoms with E-state index in [1.165, 1.54) is 12.1 Å². The molecule has 2 heterocycles. The number of ether oxygens (including phenoxy) is 2. The fourth-order valence-corrected chi connectivity index (χ4v) is 3.27. The van der Waals surface area contributed by atoms with Crippen LogP contribution in [0.2, 0.25) is 0 Å². The molecule has 2 aromatic carbocycles. The molecule has 4 aromatic rings. The van der Waals surface area contributed by atoms with Gasteiger partial charge < -0.3 is 25.6 Å². The standard InChI is InChI=1S/C23H24FN5O3/c1-14(13-30)27-22-21-20(32-19-8-5-16(25)11-18(19)24)9-10-26-23(21)29(28-22)12-15-3-6-17(31-2)7-4-15/h3-11,14,30H,12-13,25H2,1-2H3,(H,27,28)/t14-/m0/s1. The van der Waals surface area contributed by atoms with Crippen molar-refractivity contribution in [2.75, 3.05) is 24.8 Å². The molecule has 0 aliphatic carbocycles. The molecular weight excluding hydrogens is 413 g/mol. The predicted octanol–water partition coefficient (Wildman–Crippen LogP) is 3.79. The maximum atomic E-state index is 14.4. The normalized spacial score (nSPS) is 12.0. The maximum Gasteiger partial charge on any atom is 0.167 e. The van der Waals surface area contributed by atoms with Crippen LogP contribution in [0.15, 0.2) is 54.7 Å². The summed E-state index contributed by atoms with van der Waals surface area (Å²) in [4.78, 5) is 4.48. The van der Waals surface area contributed by atoms with Gasteiger partial charge in [-0.05, 0) is 36.8 Å². The fraction of sp³-hybridized carbons (Fsp3) is 0.217. The number of nitrogens with two attached hydrogens (primary N) is 1. The van der Waals surface area contributed by atoms with Crippen LogP contribution in [0, 0.1) is 5.82 Å². The van der Waals surface area contributed by atoms with Crippen LogP contribution < -0.4 is 20.5 Å². The van der Waals surface area contributed by atoms with Gasteiger partial charge in [-0.1, -0.05) is 12.1 Å². The van der Waals surface area contributed by atoms with Gasteiger partial charge in [-0.15, -0.1) is 0 Å². The molecule has 4 N–H and O–H groups in total. The van der Waals surface area contributed by atoms with Crippen LogP contribution in [0.3, 0.4) is 0 Å². The van der Waals surface area contributed by atoms with Crippen molar-refractivity contribution in [3.05, 3.63) is 66.1 Å². The van der Waals surface area contributed by atoms with Gasteiger partial charge in [0.1, 0.15) is 16.9 Å². The topological polar surface area (TPSA) is 107 Å². The number of fused-ring (bicyclic) bond motifs is 1. The van der Waals surface area contributed by atoms with E-state index >= 15 is 0 Å². The van der Waals surface area contributed by atoms with Gasteiger partial charge >= 0.3 is 0 Å². The predicted molar refractivity (Wildman–Crippen MR) is 121 cm³/mol. The van der Waals surface area contributed by atoms with Gasteiger partial charge in [0.15, 0.2) is 23.0 Å². The summed E-state index contributed by atoms with van der Waals surface area (Å²) in [5.41, 5.74) is 7.50. The SMILES string of the molecule is COc1ccc(Cn2nc(N[C@@H](C)CO)c3c(Oc4ccc(N)cc4F)ccnc32)cc1. The lowest BCUT2D eigenvalue weighted by atomic mass is 10.2. The lowest BCUT2D eigenvalue weighted by molar-refractivity contribution is 0.281. The first kappa shape index (κ1) is 21.4. The minimum atomic E-state index is -0.571. The van der Waals surface area contributed by atoms with E-state index in [0.29, 0.717) is 34.8 Å². The first-order valence-electron chi connectivity index (χ1n) is 10.1. The number of nitrogens with zero attached hydrogens (tertiary/aromatic N) is 3. The summed E-state index contributed by atoms with van der Waals surface area (Å²) < 4.78 is 27.2. The number of rotatable bonds is 8. The highest BCUT2D eigenvalue weighted by atomic mass is 19.1. The third-order valence-corrected chi connectivity index (χ3v) is 4.92. The number of benzene rings is 2. The van der Waals surface area contributed by atoms with E-state index in [1.54, 1.807) is 30.1 Å². The Morgan fingerprint density at radius 3 is 2.62 bits per heavy atom. The Kier molecular flexibility index (Phi) is 6.09. The number of aliphatic hydroxyl groups excluding tert-OH is 1. The van der Waals surface area contributed by atoms with Gasteiger partial charge in [0.05, 0.1) is 20.3 Å². The number of hydrogen-bond acceptors (Lipinski definition) is 7.